The predicted octanol–water partition coefficient (Wildman–Crippen LogP) is 2.45. The summed E-state index contributed by atoms with van der Waals surface area (Å²) in [6, 6.07) is 5.91. The molecular weight excluding hydrogens is 310 g/mol. The Bertz CT molecular complexity index is 472. The highest BCUT2D eigenvalue weighted by atomic mass is 79.9. The molecule has 0 heterocycles. The van der Waals surface area contributed by atoms with E-state index in [-0.39, 0.29) is 0 Å². The number of carboxylic acids is 1. The first kappa shape index (κ1) is 14.3. The van der Waals surface area contributed by atoms with Gasteiger partial charge in [0.2, 0.25) is 0 Å². The largest absolute Gasteiger partial charge is 0.496 e. The van der Waals surface area contributed by atoms with E-state index in [0.717, 1.165) is 41.6 Å². The van der Waals surface area contributed by atoms with E-state index < -0.39 is 11.4 Å². The minimum atomic E-state index is -0.681. The second kappa shape index (κ2) is 5.92. The first-order valence-electron chi connectivity index (χ1n) is 6.34. The van der Waals surface area contributed by atoms with Crippen molar-refractivity contribution in [3.63, 3.8) is 0 Å². The van der Waals surface area contributed by atoms with Gasteiger partial charge in [0.1, 0.15) is 5.75 Å². The molecule has 5 heteroatoms. The minimum absolute atomic E-state index is 0.499. The maximum Gasteiger partial charge on any atom is 0.310 e. The lowest BCUT2D eigenvalue weighted by atomic mass is 10.1. The number of halogens is 1. The number of nitrogens with one attached hydrogen (secondary N) is 1. The van der Waals surface area contributed by atoms with Gasteiger partial charge in [-0.25, -0.2) is 0 Å². The van der Waals surface area contributed by atoms with Gasteiger partial charge in [-0.1, -0.05) is 15.9 Å². The highest BCUT2D eigenvalue weighted by molar-refractivity contribution is 9.10. The predicted molar refractivity (Wildman–Crippen MR) is 76.6 cm³/mol. The van der Waals surface area contributed by atoms with Crippen molar-refractivity contribution in [2.24, 2.45) is 5.41 Å². The number of carboxylic acid groups (broad SMARTS) is 1. The summed E-state index contributed by atoms with van der Waals surface area (Å²) in [5.74, 6) is 0.185. The number of ether oxygens (including phenoxy) is 1. The van der Waals surface area contributed by atoms with Crippen LogP contribution in [-0.4, -0.2) is 31.3 Å². The second-order valence-electron chi connectivity index (χ2n) is 4.97. The average Bonchev–Trinajstić information content (AvgIpc) is 3.16. The molecule has 19 heavy (non-hydrogen) atoms. The van der Waals surface area contributed by atoms with Gasteiger partial charge < -0.3 is 15.2 Å². The first-order chi connectivity index (χ1) is 9.07. The Hall–Kier alpha value is -1.07. The van der Waals surface area contributed by atoms with Crippen molar-refractivity contribution in [3.8, 4) is 5.75 Å². The SMILES string of the molecule is COc1ccc(Br)cc1CCNCC1(C(=O)O)CC1. The third kappa shape index (κ3) is 3.48. The van der Waals surface area contributed by atoms with Crippen LogP contribution in [0.4, 0.5) is 0 Å². The van der Waals surface area contributed by atoms with Crippen LogP contribution in [-0.2, 0) is 11.2 Å². The molecule has 1 aromatic carbocycles. The Morgan fingerprint density at radius 3 is 2.84 bits per heavy atom. The highest BCUT2D eigenvalue weighted by Crippen LogP contribution is 2.45. The number of carbonyl (C=O) groups is 1. The molecule has 4 nitrogen and oxygen atoms in total. The van der Waals surface area contributed by atoms with Crippen LogP contribution in [0.3, 0.4) is 0 Å². The van der Waals surface area contributed by atoms with Crippen LogP contribution in [0.2, 0.25) is 0 Å². The molecule has 1 aliphatic carbocycles. The molecule has 104 valence electrons. The Morgan fingerprint density at radius 2 is 2.26 bits per heavy atom. The molecule has 0 saturated heterocycles. The van der Waals surface area contributed by atoms with Gasteiger partial charge in [-0.3, -0.25) is 4.79 Å². The molecular formula is C14H18BrNO3. The van der Waals surface area contributed by atoms with E-state index in [9.17, 15) is 4.79 Å². The van der Waals surface area contributed by atoms with Crippen LogP contribution in [0, 0.1) is 5.41 Å². The molecule has 1 aromatic rings. The second-order valence-corrected chi connectivity index (χ2v) is 5.88. The van der Waals surface area contributed by atoms with Crippen LogP contribution in [0.25, 0.3) is 0 Å². The Balaban J connectivity index is 1.83. The van der Waals surface area contributed by atoms with Crippen molar-refractivity contribution >= 4 is 21.9 Å². The molecule has 0 radical (unpaired) electrons. The average molecular weight is 328 g/mol. The maximum atomic E-state index is 11.0. The highest BCUT2D eigenvalue weighted by Gasteiger charge is 2.49. The maximum absolute atomic E-state index is 11.0. The van der Waals surface area contributed by atoms with E-state index in [1.165, 1.54) is 0 Å². The standard InChI is InChI=1S/C14H18BrNO3/c1-19-12-3-2-11(15)8-10(12)4-7-16-9-14(5-6-14)13(17)18/h2-3,8,16H,4-7,9H2,1H3,(H,17,18). The fraction of sp³-hybridized carbons (Fsp3) is 0.500. The van der Waals surface area contributed by atoms with E-state index in [1.807, 2.05) is 18.2 Å². The summed E-state index contributed by atoms with van der Waals surface area (Å²) in [6.45, 7) is 1.31. The van der Waals surface area contributed by atoms with E-state index in [4.69, 9.17) is 9.84 Å². The summed E-state index contributed by atoms with van der Waals surface area (Å²) < 4.78 is 6.33. The van der Waals surface area contributed by atoms with Gasteiger partial charge in [0, 0.05) is 11.0 Å². The molecule has 0 aromatic heterocycles. The zero-order chi connectivity index (χ0) is 13.9. The molecule has 1 aliphatic rings. The van der Waals surface area contributed by atoms with Crippen molar-refractivity contribution in [2.45, 2.75) is 19.3 Å². The summed E-state index contributed by atoms with van der Waals surface area (Å²) in [6.07, 6.45) is 2.39. The van der Waals surface area contributed by atoms with Gasteiger partial charge in [0.05, 0.1) is 12.5 Å². The van der Waals surface area contributed by atoms with E-state index in [2.05, 4.69) is 21.2 Å². The molecule has 1 saturated carbocycles. The number of hydrogen-bond acceptors (Lipinski definition) is 3. The Morgan fingerprint density at radius 1 is 1.53 bits per heavy atom. The fourth-order valence-corrected chi connectivity index (χ4v) is 2.52. The number of hydrogen-bond donors (Lipinski definition) is 2. The molecule has 2 rings (SSSR count). The van der Waals surface area contributed by atoms with Crippen molar-refractivity contribution in [2.75, 3.05) is 20.2 Å². The van der Waals surface area contributed by atoms with Gasteiger partial charge in [-0.15, -0.1) is 0 Å². The van der Waals surface area contributed by atoms with Crippen molar-refractivity contribution in [1.82, 2.24) is 5.32 Å². The summed E-state index contributed by atoms with van der Waals surface area (Å²) in [7, 11) is 1.66. The molecule has 0 amide bonds. The third-order valence-corrected chi connectivity index (χ3v) is 4.08. The number of benzene rings is 1. The zero-order valence-corrected chi connectivity index (χ0v) is 12.5. The van der Waals surface area contributed by atoms with Gasteiger partial charge in [0.25, 0.3) is 0 Å². The van der Waals surface area contributed by atoms with Gasteiger partial charge >= 0.3 is 5.97 Å². The lowest BCUT2D eigenvalue weighted by Gasteiger charge is -2.12. The van der Waals surface area contributed by atoms with Crippen LogP contribution in [0.1, 0.15) is 18.4 Å². The van der Waals surface area contributed by atoms with Crippen molar-refractivity contribution in [3.05, 3.63) is 28.2 Å². The number of rotatable bonds is 7. The normalized spacial score (nSPS) is 16.1. The van der Waals surface area contributed by atoms with Crippen LogP contribution < -0.4 is 10.1 Å². The number of methoxy groups -OCH3 is 1. The molecule has 0 bridgehead atoms. The summed E-state index contributed by atoms with van der Waals surface area (Å²) in [4.78, 5) is 11.0. The molecule has 0 spiro atoms. The lowest BCUT2D eigenvalue weighted by Crippen LogP contribution is -2.31. The topological polar surface area (TPSA) is 58.6 Å². The minimum Gasteiger partial charge on any atom is -0.496 e. The van der Waals surface area contributed by atoms with E-state index in [0.29, 0.717) is 6.54 Å². The molecule has 0 aliphatic heterocycles. The van der Waals surface area contributed by atoms with E-state index in [1.54, 1.807) is 7.11 Å². The number of aliphatic carboxylic acids is 1. The van der Waals surface area contributed by atoms with Gasteiger partial charge in [-0.05, 0) is 49.6 Å². The quantitative estimate of drug-likeness (QED) is 0.755. The van der Waals surface area contributed by atoms with Gasteiger partial charge in [-0.2, -0.15) is 0 Å². The molecule has 0 unspecified atom stereocenters. The zero-order valence-electron chi connectivity index (χ0n) is 10.9. The van der Waals surface area contributed by atoms with Crippen LogP contribution in [0.5, 0.6) is 5.75 Å². The molecule has 0 atom stereocenters. The first-order valence-corrected chi connectivity index (χ1v) is 7.13. The molecule has 2 N–H and O–H groups in total. The van der Waals surface area contributed by atoms with Crippen LogP contribution in [0.15, 0.2) is 22.7 Å². The van der Waals surface area contributed by atoms with Crippen molar-refractivity contribution in [1.29, 1.82) is 0 Å². The summed E-state index contributed by atoms with van der Waals surface area (Å²) in [5, 5.41) is 12.3. The summed E-state index contributed by atoms with van der Waals surface area (Å²) in [5.41, 5.74) is 0.617. The monoisotopic (exact) mass is 327 g/mol. The van der Waals surface area contributed by atoms with Crippen LogP contribution >= 0.6 is 15.9 Å². The summed E-state index contributed by atoms with van der Waals surface area (Å²) >= 11 is 3.44. The van der Waals surface area contributed by atoms with Crippen molar-refractivity contribution < 1.29 is 14.6 Å². The smallest absolute Gasteiger partial charge is 0.310 e. The van der Waals surface area contributed by atoms with Gasteiger partial charge in [0.15, 0.2) is 0 Å². The fourth-order valence-electron chi connectivity index (χ4n) is 2.11. The Kier molecular flexibility index (Phi) is 4.47. The molecule has 1 fully saturated rings. The Labute approximate surface area is 121 Å². The van der Waals surface area contributed by atoms with E-state index >= 15 is 0 Å². The lowest BCUT2D eigenvalue weighted by molar-refractivity contribution is -0.143. The third-order valence-electron chi connectivity index (χ3n) is 3.58.